The number of hydrogen-bond donors (Lipinski definition) is 2. The molecule has 0 spiro atoms. The zero-order valence-corrected chi connectivity index (χ0v) is 11.5. The third-order valence-electron chi connectivity index (χ3n) is 1.58. The van der Waals surface area contributed by atoms with Crippen LogP contribution in [0.25, 0.3) is 0 Å². The summed E-state index contributed by atoms with van der Waals surface area (Å²) in [7, 11) is -3.40. The van der Waals surface area contributed by atoms with Gasteiger partial charge in [0.15, 0.2) is 0 Å². The smallest absolute Gasteiger partial charge is 0.237 e. The summed E-state index contributed by atoms with van der Waals surface area (Å²) in [5.74, 6) is 0.0298. The molecule has 0 rings (SSSR count). The van der Waals surface area contributed by atoms with Crippen molar-refractivity contribution in [1.82, 2.24) is 10.0 Å². The second kappa shape index (κ2) is 6.44. The van der Waals surface area contributed by atoms with Crippen LogP contribution >= 0.6 is 15.9 Å². The standard InChI is InChI=1S/C8H17BrN2O3S/c1-6(2)4-10-8(12)7(3)11-15(13,14)5-9/h6-7,11H,4-5H2,1-3H3,(H,10,12). The van der Waals surface area contributed by atoms with Crippen molar-refractivity contribution < 1.29 is 13.2 Å². The molecule has 0 bridgehead atoms. The molecule has 0 aromatic carbocycles. The lowest BCUT2D eigenvalue weighted by atomic mass is 10.2. The highest BCUT2D eigenvalue weighted by Crippen LogP contribution is 1.95. The van der Waals surface area contributed by atoms with Crippen molar-refractivity contribution in [3.8, 4) is 0 Å². The van der Waals surface area contributed by atoms with Crippen LogP contribution in [0.15, 0.2) is 0 Å². The Labute approximate surface area is 99.2 Å². The zero-order chi connectivity index (χ0) is 12.1. The zero-order valence-electron chi connectivity index (χ0n) is 9.08. The summed E-state index contributed by atoms with van der Waals surface area (Å²) in [5, 5.41) is 2.65. The highest BCUT2D eigenvalue weighted by molar-refractivity contribution is 9.10. The molecule has 0 aliphatic carbocycles. The molecule has 90 valence electrons. The Bertz CT molecular complexity index is 303. The van der Waals surface area contributed by atoms with Gasteiger partial charge >= 0.3 is 0 Å². The van der Waals surface area contributed by atoms with Crippen LogP contribution in [0.2, 0.25) is 0 Å². The van der Waals surface area contributed by atoms with Gasteiger partial charge in [0, 0.05) is 6.54 Å². The van der Waals surface area contributed by atoms with Gasteiger partial charge < -0.3 is 5.32 Å². The van der Waals surface area contributed by atoms with Crippen LogP contribution in [0, 0.1) is 5.92 Å². The topological polar surface area (TPSA) is 75.3 Å². The fraction of sp³-hybridized carbons (Fsp3) is 0.875. The van der Waals surface area contributed by atoms with Crippen LogP contribution in [0.4, 0.5) is 0 Å². The Morgan fingerprint density at radius 3 is 2.27 bits per heavy atom. The first-order chi connectivity index (χ1) is 6.78. The monoisotopic (exact) mass is 300 g/mol. The molecule has 0 saturated carbocycles. The molecule has 1 amide bonds. The fourth-order valence-corrected chi connectivity index (χ4v) is 1.92. The first-order valence-electron chi connectivity index (χ1n) is 4.62. The summed E-state index contributed by atoms with van der Waals surface area (Å²) < 4.78 is 24.3. The Hall–Kier alpha value is -0.140. The van der Waals surface area contributed by atoms with E-state index in [0.717, 1.165) is 0 Å². The molecule has 1 atom stereocenters. The molecule has 0 heterocycles. The molecule has 0 aliphatic rings. The Morgan fingerprint density at radius 2 is 1.87 bits per heavy atom. The number of amides is 1. The SMILES string of the molecule is CC(C)CNC(=O)C(C)NS(=O)(=O)CBr. The van der Waals surface area contributed by atoms with E-state index in [1.807, 2.05) is 13.8 Å². The maximum atomic E-state index is 11.4. The second-order valence-electron chi connectivity index (χ2n) is 3.70. The minimum absolute atomic E-state index is 0.207. The van der Waals surface area contributed by atoms with Gasteiger partial charge in [0.25, 0.3) is 0 Å². The summed E-state index contributed by atoms with van der Waals surface area (Å²) in [6.07, 6.45) is 0. The minimum atomic E-state index is -3.40. The van der Waals surface area contributed by atoms with E-state index in [1.54, 1.807) is 0 Å². The van der Waals surface area contributed by atoms with E-state index in [-0.39, 0.29) is 10.6 Å². The number of sulfonamides is 1. The van der Waals surface area contributed by atoms with Crippen molar-refractivity contribution >= 4 is 31.9 Å². The molecule has 0 saturated heterocycles. The molecule has 0 radical (unpaired) electrons. The van der Waals surface area contributed by atoms with Crippen molar-refractivity contribution in [1.29, 1.82) is 0 Å². The van der Waals surface area contributed by atoms with Gasteiger partial charge in [-0.25, -0.2) is 13.1 Å². The molecule has 0 aliphatic heterocycles. The Morgan fingerprint density at radius 1 is 1.33 bits per heavy atom. The van der Waals surface area contributed by atoms with Gasteiger partial charge in [-0.2, -0.15) is 0 Å². The van der Waals surface area contributed by atoms with Crippen LogP contribution in [0.5, 0.6) is 0 Å². The molecular formula is C8H17BrN2O3S. The molecule has 5 nitrogen and oxygen atoms in total. The lowest BCUT2D eigenvalue weighted by Gasteiger charge is -2.14. The Balaban J connectivity index is 4.11. The maximum absolute atomic E-state index is 11.4. The molecule has 0 aromatic rings. The van der Waals surface area contributed by atoms with Gasteiger partial charge in [0.2, 0.25) is 15.9 Å². The molecule has 2 N–H and O–H groups in total. The predicted octanol–water partition coefficient (Wildman–Crippen LogP) is 0.419. The van der Waals surface area contributed by atoms with Crippen molar-refractivity contribution in [3.63, 3.8) is 0 Å². The van der Waals surface area contributed by atoms with E-state index in [9.17, 15) is 13.2 Å². The molecule has 0 fully saturated rings. The van der Waals surface area contributed by atoms with Gasteiger partial charge in [-0.1, -0.05) is 29.8 Å². The third-order valence-corrected chi connectivity index (χ3v) is 4.39. The van der Waals surface area contributed by atoms with Crippen LogP contribution in [0.3, 0.4) is 0 Å². The minimum Gasteiger partial charge on any atom is -0.354 e. The number of carbonyl (C=O) groups is 1. The number of rotatable bonds is 6. The average Bonchev–Trinajstić information content (AvgIpc) is 2.13. The second-order valence-corrected chi connectivity index (χ2v) is 6.76. The van der Waals surface area contributed by atoms with Crippen molar-refractivity contribution in [2.24, 2.45) is 5.92 Å². The number of nitrogens with one attached hydrogen (secondary N) is 2. The number of hydrogen-bond acceptors (Lipinski definition) is 3. The van der Waals surface area contributed by atoms with Gasteiger partial charge in [0.05, 0.1) is 6.04 Å². The average molecular weight is 301 g/mol. The summed E-state index contributed by atoms with van der Waals surface area (Å²) in [6.45, 7) is 5.98. The molecular weight excluding hydrogens is 284 g/mol. The number of carbonyl (C=O) groups excluding carboxylic acids is 1. The summed E-state index contributed by atoms with van der Waals surface area (Å²) in [6, 6.07) is -0.744. The van der Waals surface area contributed by atoms with Gasteiger partial charge in [-0.3, -0.25) is 4.79 Å². The Kier molecular flexibility index (Phi) is 6.38. The lowest BCUT2D eigenvalue weighted by Crippen LogP contribution is -2.45. The highest BCUT2D eigenvalue weighted by Gasteiger charge is 2.18. The van der Waals surface area contributed by atoms with Crippen LogP contribution in [-0.4, -0.2) is 31.6 Å². The summed E-state index contributed by atoms with van der Waals surface area (Å²) >= 11 is 2.83. The third kappa shape index (κ3) is 6.86. The van der Waals surface area contributed by atoms with Crippen LogP contribution in [0.1, 0.15) is 20.8 Å². The summed E-state index contributed by atoms with van der Waals surface area (Å²) in [4.78, 5) is 11.4. The quantitative estimate of drug-likeness (QED) is 0.698. The first-order valence-corrected chi connectivity index (χ1v) is 7.39. The van der Waals surface area contributed by atoms with Crippen molar-refractivity contribution in [2.75, 3.05) is 11.2 Å². The molecule has 7 heteroatoms. The number of halogens is 1. The maximum Gasteiger partial charge on any atom is 0.237 e. The van der Waals surface area contributed by atoms with Crippen molar-refractivity contribution in [2.45, 2.75) is 26.8 Å². The van der Waals surface area contributed by atoms with E-state index in [0.29, 0.717) is 12.5 Å². The van der Waals surface area contributed by atoms with E-state index in [2.05, 4.69) is 26.0 Å². The molecule has 1 unspecified atom stereocenters. The predicted molar refractivity (Wildman–Crippen MR) is 63.2 cm³/mol. The van der Waals surface area contributed by atoms with Gasteiger partial charge in [-0.05, 0) is 12.8 Å². The highest BCUT2D eigenvalue weighted by atomic mass is 79.9. The summed E-state index contributed by atoms with van der Waals surface area (Å²) in [5.41, 5.74) is 0. The van der Waals surface area contributed by atoms with E-state index in [1.165, 1.54) is 6.92 Å². The number of alkyl halides is 1. The molecule has 0 aromatic heterocycles. The van der Waals surface area contributed by atoms with Crippen LogP contribution < -0.4 is 10.0 Å². The van der Waals surface area contributed by atoms with E-state index >= 15 is 0 Å². The fourth-order valence-electron chi connectivity index (χ4n) is 0.812. The normalized spacial score (nSPS) is 13.9. The first kappa shape index (κ1) is 14.9. The van der Waals surface area contributed by atoms with Gasteiger partial charge in [-0.15, -0.1) is 0 Å². The van der Waals surface area contributed by atoms with Crippen LogP contribution in [-0.2, 0) is 14.8 Å². The van der Waals surface area contributed by atoms with Gasteiger partial charge in [0.1, 0.15) is 4.66 Å². The largest absolute Gasteiger partial charge is 0.354 e. The van der Waals surface area contributed by atoms with Crippen molar-refractivity contribution in [3.05, 3.63) is 0 Å². The van der Waals surface area contributed by atoms with E-state index in [4.69, 9.17) is 0 Å². The lowest BCUT2D eigenvalue weighted by molar-refractivity contribution is -0.122. The van der Waals surface area contributed by atoms with E-state index < -0.39 is 16.1 Å². The molecule has 15 heavy (non-hydrogen) atoms.